The molecule has 1 fully saturated rings. The van der Waals surface area contributed by atoms with E-state index in [1.54, 1.807) is 38.3 Å². The Balaban J connectivity index is 1.56. The summed E-state index contributed by atoms with van der Waals surface area (Å²) < 4.78 is 5.23. The lowest BCUT2D eigenvalue weighted by molar-refractivity contribution is -0.115. The molecule has 32 heavy (non-hydrogen) atoms. The second kappa shape index (κ2) is 9.13. The Kier molecular flexibility index (Phi) is 6.11. The number of ether oxygens (including phenoxy) is 1. The van der Waals surface area contributed by atoms with Crippen LogP contribution in [0.15, 0.2) is 48.5 Å². The highest BCUT2D eigenvalue weighted by Gasteiger charge is 2.21. The summed E-state index contributed by atoms with van der Waals surface area (Å²) in [5.74, 6) is 0.330. The number of rotatable bonds is 6. The first-order chi connectivity index (χ1) is 15.5. The number of carboxylic acid groups (broad SMARTS) is 1. The summed E-state index contributed by atoms with van der Waals surface area (Å²) >= 11 is 0. The van der Waals surface area contributed by atoms with Crippen molar-refractivity contribution in [1.29, 1.82) is 0 Å². The molecule has 1 aliphatic heterocycles. The Bertz CT molecular complexity index is 1140. The van der Waals surface area contributed by atoms with Crippen LogP contribution in [0.5, 0.6) is 5.75 Å². The predicted molar refractivity (Wildman–Crippen MR) is 125 cm³/mol. The Morgan fingerprint density at radius 2 is 1.72 bits per heavy atom. The van der Waals surface area contributed by atoms with Crippen LogP contribution < -0.4 is 19.9 Å². The molecular weight excluding hydrogens is 408 g/mol. The van der Waals surface area contributed by atoms with Crippen molar-refractivity contribution in [3.8, 4) is 5.75 Å². The van der Waals surface area contributed by atoms with Crippen LogP contribution in [0, 0.1) is 0 Å². The number of benzene rings is 2. The third-order valence-corrected chi connectivity index (χ3v) is 5.67. The summed E-state index contributed by atoms with van der Waals surface area (Å²) in [6, 6.07) is 14.8. The fourth-order valence-corrected chi connectivity index (χ4v) is 3.86. The van der Waals surface area contributed by atoms with Gasteiger partial charge in [0, 0.05) is 49.4 Å². The Labute approximate surface area is 186 Å². The molecule has 1 saturated heterocycles. The van der Waals surface area contributed by atoms with E-state index in [0.717, 1.165) is 37.6 Å². The lowest BCUT2D eigenvalue weighted by atomic mass is 10.1. The number of carbonyl (C=O) groups is 2. The second-order valence-corrected chi connectivity index (χ2v) is 7.64. The number of carboxylic acids is 1. The van der Waals surface area contributed by atoms with E-state index < -0.39 is 5.97 Å². The maximum absolute atomic E-state index is 12.0. The van der Waals surface area contributed by atoms with Gasteiger partial charge in [-0.1, -0.05) is 6.92 Å². The normalized spacial score (nSPS) is 13.8. The average Bonchev–Trinajstić information content (AvgIpc) is 2.83. The molecule has 0 atom stereocenters. The molecule has 4 rings (SSSR count). The molecular formula is C24H26N4O4. The highest BCUT2D eigenvalue weighted by Crippen LogP contribution is 2.28. The van der Waals surface area contributed by atoms with Crippen molar-refractivity contribution < 1.29 is 19.4 Å². The summed E-state index contributed by atoms with van der Waals surface area (Å²) in [5.41, 5.74) is 2.46. The first-order valence-electron chi connectivity index (χ1n) is 10.6. The molecule has 2 N–H and O–H groups in total. The quantitative estimate of drug-likeness (QED) is 0.612. The number of nitrogens with zero attached hydrogens (tertiary/aromatic N) is 3. The van der Waals surface area contributed by atoms with Crippen molar-refractivity contribution in [1.82, 2.24) is 4.98 Å². The minimum atomic E-state index is -1.02. The van der Waals surface area contributed by atoms with Gasteiger partial charge in [-0.3, -0.25) is 4.79 Å². The van der Waals surface area contributed by atoms with Crippen LogP contribution in [0.2, 0.25) is 0 Å². The number of nitrogens with one attached hydrogen (secondary N) is 1. The van der Waals surface area contributed by atoms with Crippen molar-refractivity contribution in [2.45, 2.75) is 13.3 Å². The SMILES string of the molecule is CCC(=O)Nc1ccc2nc(N3CCN(c4ccc(OC)cc4)CC3)cc(C(=O)O)c2c1. The number of fused-ring (bicyclic) bond motifs is 1. The number of methoxy groups -OCH3 is 1. The van der Waals surface area contributed by atoms with Gasteiger partial charge in [-0.15, -0.1) is 0 Å². The van der Waals surface area contributed by atoms with E-state index >= 15 is 0 Å². The van der Waals surface area contributed by atoms with Gasteiger partial charge in [0.25, 0.3) is 0 Å². The molecule has 1 aliphatic rings. The van der Waals surface area contributed by atoms with Crippen molar-refractivity contribution in [3.63, 3.8) is 0 Å². The maximum atomic E-state index is 12.0. The van der Waals surface area contributed by atoms with Gasteiger partial charge in [0.1, 0.15) is 11.6 Å². The molecule has 0 spiro atoms. The zero-order valence-electron chi connectivity index (χ0n) is 18.2. The largest absolute Gasteiger partial charge is 0.497 e. The van der Waals surface area contributed by atoms with E-state index in [-0.39, 0.29) is 11.5 Å². The number of hydrogen-bond acceptors (Lipinski definition) is 6. The summed E-state index contributed by atoms with van der Waals surface area (Å²) in [6.45, 7) is 4.83. The molecule has 3 aromatic rings. The van der Waals surface area contributed by atoms with Gasteiger partial charge < -0.3 is 25.0 Å². The van der Waals surface area contributed by atoms with Gasteiger partial charge in [0.05, 0.1) is 18.2 Å². The number of amides is 1. The van der Waals surface area contributed by atoms with Crippen LogP contribution in [0.1, 0.15) is 23.7 Å². The van der Waals surface area contributed by atoms with Crippen LogP contribution in [0.3, 0.4) is 0 Å². The molecule has 2 aromatic carbocycles. The Hall–Kier alpha value is -3.81. The minimum Gasteiger partial charge on any atom is -0.497 e. The molecule has 0 aliphatic carbocycles. The molecule has 1 aromatic heterocycles. The van der Waals surface area contributed by atoms with Crippen LogP contribution >= 0.6 is 0 Å². The van der Waals surface area contributed by atoms with E-state index in [9.17, 15) is 14.7 Å². The third kappa shape index (κ3) is 4.44. The van der Waals surface area contributed by atoms with E-state index in [0.29, 0.717) is 28.8 Å². The zero-order valence-corrected chi connectivity index (χ0v) is 18.2. The number of hydrogen-bond donors (Lipinski definition) is 2. The van der Waals surface area contributed by atoms with Crippen LogP contribution in [-0.2, 0) is 4.79 Å². The Morgan fingerprint density at radius 1 is 1.03 bits per heavy atom. The van der Waals surface area contributed by atoms with Gasteiger partial charge in [-0.25, -0.2) is 9.78 Å². The Morgan fingerprint density at radius 3 is 2.34 bits per heavy atom. The van der Waals surface area contributed by atoms with Gasteiger partial charge >= 0.3 is 5.97 Å². The number of carbonyl (C=O) groups excluding carboxylic acids is 1. The number of piperazine rings is 1. The molecule has 166 valence electrons. The van der Waals surface area contributed by atoms with Crippen molar-refractivity contribution in [2.24, 2.45) is 0 Å². The fourth-order valence-electron chi connectivity index (χ4n) is 3.86. The zero-order chi connectivity index (χ0) is 22.7. The van der Waals surface area contributed by atoms with E-state index in [2.05, 4.69) is 15.1 Å². The first kappa shape index (κ1) is 21.4. The third-order valence-electron chi connectivity index (χ3n) is 5.67. The minimum absolute atomic E-state index is 0.125. The summed E-state index contributed by atoms with van der Waals surface area (Å²) in [6.07, 6.45) is 0.351. The van der Waals surface area contributed by atoms with Crippen molar-refractivity contribution >= 4 is 40.0 Å². The molecule has 0 radical (unpaired) electrons. The smallest absolute Gasteiger partial charge is 0.336 e. The molecule has 2 heterocycles. The van der Waals surface area contributed by atoms with Gasteiger partial charge in [-0.05, 0) is 48.5 Å². The maximum Gasteiger partial charge on any atom is 0.336 e. The van der Waals surface area contributed by atoms with Gasteiger partial charge in [0.2, 0.25) is 5.91 Å². The summed E-state index contributed by atoms with van der Waals surface area (Å²) in [5, 5.41) is 13.1. The highest BCUT2D eigenvalue weighted by atomic mass is 16.5. The second-order valence-electron chi connectivity index (χ2n) is 7.64. The van der Waals surface area contributed by atoms with Crippen molar-refractivity contribution in [2.75, 3.05) is 48.4 Å². The van der Waals surface area contributed by atoms with Crippen LogP contribution in [0.25, 0.3) is 10.9 Å². The summed E-state index contributed by atoms with van der Waals surface area (Å²) in [4.78, 5) is 32.8. The van der Waals surface area contributed by atoms with E-state index in [4.69, 9.17) is 9.72 Å². The monoisotopic (exact) mass is 434 g/mol. The fraction of sp³-hybridized carbons (Fsp3) is 0.292. The number of pyridine rings is 1. The topological polar surface area (TPSA) is 95.0 Å². The van der Waals surface area contributed by atoms with E-state index in [1.807, 2.05) is 24.3 Å². The van der Waals surface area contributed by atoms with Gasteiger partial charge in [-0.2, -0.15) is 0 Å². The average molecular weight is 434 g/mol. The van der Waals surface area contributed by atoms with Crippen LogP contribution in [0.4, 0.5) is 17.2 Å². The predicted octanol–water partition coefficient (Wildman–Crippen LogP) is 3.62. The molecule has 0 saturated carbocycles. The highest BCUT2D eigenvalue weighted by molar-refractivity contribution is 6.05. The lowest BCUT2D eigenvalue weighted by Gasteiger charge is -2.37. The van der Waals surface area contributed by atoms with Crippen LogP contribution in [-0.4, -0.2) is 55.3 Å². The molecule has 0 unspecified atom stereocenters. The standard InChI is InChI=1S/C24H26N4O4/c1-3-23(29)25-16-4-9-21-19(14-16)20(24(30)31)15-22(26-21)28-12-10-27(11-13-28)17-5-7-18(32-2)8-6-17/h4-9,14-15H,3,10-13H2,1-2H3,(H,25,29)(H,30,31). The molecule has 0 bridgehead atoms. The number of anilines is 3. The molecule has 8 nitrogen and oxygen atoms in total. The number of aromatic nitrogens is 1. The first-order valence-corrected chi connectivity index (χ1v) is 10.6. The van der Waals surface area contributed by atoms with Gasteiger partial charge in [0.15, 0.2) is 0 Å². The number of aromatic carboxylic acids is 1. The summed E-state index contributed by atoms with van der Waals surface area (Å²) in [7, 11) is 1.65. The van der Waals surface area contributed by atoms with Crippen molar-refractivity contribution in [3.05, 3.63) is 54.1 Å². The van der Waals surface area contributed by atoms with E-state index in [1.165, 1.54) is 0 Å². The molecule has 8 heteroatoms. The lowest BCUT2D eigenvalue weighted by Crippen LogP contribution is -2.46. The molecule has 1 amide bonds.